The number of anilines is 1. The largest absolute Gasteiger partial charge is 0.465 e. The van der Waals surface area contributed by atoms with E-state index in [-0.39, 0.29) is 18.3 Å². The van der Waals surface area contributed by atoms with Crippen LogP contribution in [0.15, 0.2) is 24.3 Å². The molecule has 1 aromatic carbocycles. The van der Waals surface area contributed by atoms with E-state index >= 15 is 0 Å². The molecule has 5 heteroatoms. The summed E-state index contributed by atoms with van der Waals surface area (Å²) in [5.74, 6) is -1.83. The Morgan fingerprint density at radius 3 is 2.74 bits per heavy atom. The van der Waals surface area contributed by atoms with Gasteiger partial charge in [0.05, 0.1) is 6.61 Å². The Morgan fingerprint density at radius 2 is 2.11 bits per heavy atom. The van der Waals surface area contributed by atoms with E-state index in [4.69, 9.17) is 4.74 Å². The maximum Gasteiger partial charge on any atom is 0.318 e. The number of nitrogens with zero attached hydrogens (tertiary/aromatic N) is 1. The van der Waals surface area contributed by atoms with Crippen molar-refractivity contribution in [2.45, 2.75) is 19.8 Å². The number of carbonyl (C=O) groups excluding carboxylic acids is 2. The summed E-state index contributed by atoms with van der Waals surface area (Å²) in [4.78, 5) is 25.5. The molecular formula is C14H16FNO3. The van der Waals surface area contributed by atoms with E-state index in [1.165, 1.54) is 17.0 Å². The number of hydrogen-bond donors (Lipinski definition) is 0. The van der Waals surface area contributed by atoms with Gasteiger partial charge in [-0.05, 0) is 44.0 Å². The Hall–Kier alpha value is -1.91. The van der Waals surface area contributed by atoms with E-state index in [0.717, 1.165) is 6.42 Å². The van der Waals surface area contributed by atoms with Gasteiger partial charge in [-0.15, -0.1) is 0 Å². The van der Waals surface area contributed by atoms with E-state index < -0.39 is 11.9 Å². The van der Waals surface area contributed by atoms with Crippen LogP contribution < -0.4 is 4.90 Å². The fourth-order valence-corrected chi connectivity index (χ4v) is 2.21. The quantitative estimate of drug-likeness (QED) is 0.621. The molecule has 0 N–H and O–H groups in total. The van der Waals surface area contributed by atoms with Gasteiger partial charge in [-0.25, -0.2) is 4.39 Å². The van der Waals surface area contributed by atoms with Crippen LogP contribution in [0.2, 0.25) is 0 Å². The molecule has 19 heavy (non-hydrogen) atoms. The van der Waals surface area contributed by atoms with Gasteiger partial charge in [0.2, 0.25) is 5.91 Å². The van der Waals surface area contributed by atoms with Gasteiger partial charge in [-0.2, -0.15) is 0 Å². The maximum atomic E-state index is 12.9. The number of amides is 1. The lowest BCUT2D eigenvalue weighted by Crippen LogP contribution is -2.44. The predicted octanol–water partition coefficient (Wildman–Crippen LogP) is 2.13. The Labute approximate surface area is 111 Å². The standard InChI is InChI=1S/C14H16FNO3/c1-2-19-14(18)12-4-3-9-16(13(12)17)11-7-5-10(15)6-8-11/h5-8,12H,2-4,9H2,1H3/t12-/m0/s1. The average Bonchev–Trinajstić information content (AvgIpc) is 2.40. The fourth-order valence-electron chi connectivity index (χ4n) is 2.21. The molecule has 1 saturated heterocycles. The highest BCUT2D eigenvalue weighted by molar-refractivity contribution is 6.06. The minimum Gasteiger partial charge on any atom is -0.465 e. The first-order valence-electron chi connectivity index (χ1n) is 6.37. The van der Waals surface area contributed by atoms with Gasteiger partial charge >= 0.3 is 5.97 Å². The maximum absolute atomic E-state index is 12.9. The van der Waals surface area contributed by atoms with Crippen LogP contribution in [0.1, 0.15) is 19.8 Å². The highest BCUT2D eigenvalue weighted by Gasteiger charge is 2.35. The van der Waals surface area contributed by atoms with Crippen molar-refractivity contribution in [1.29, 1.82) is 0 Å². The average molecular weight is 265 g/mol. The van der Waals surface area contributed by atoms with Gasteiger partial charge in [0.15, 0.2) is 0 Å². The van der Waals surface area contributed by atoms with Crippen LogP contribution in [0.5, 0.6) is 0 Å². The van der Waals surface area contributed by atoms with Crippen molar-refractivity contribution in [3.8, 4) is 0 Å². The van der Waals surface area contributed by atoms with Crippen molar-refractivity contribution < 1.29 is 18.7 Å². The second kappa shape index (κ2) is 5.82. The molecule has 0 unspecified atom stereocenters. The number of benzene rings is 1. The van der Waals surface area contributed by atoms with Gasteiger partial charge in [-0.3, -0.25) is 9.59 Å². The number of ether oxygens (including phenoxy) is 1. The van der Waals surface area contributed by atoms with Crippen LogP contribution in [0.3, 0.4) is 0 Å². The molecule has 1 aliphatic rings. The third kappa shape index (κ3) is 2.92. The number of hydrogen-bond acceptors (Lipinski definition) is 3. The number of piperidine rings is 1. The summed E-state index contributed by atoms with van der Waals surface area (Å²) in [6, 6.07) is 5.69. The topological polar surface area (TPSA) is 46.6 Å². The molecule has 1 aliphatic heterocycles. The normalized spacial score (nSPS) is 19.4. The Kier molecular flexibility index (Phi) is 4.14. The van der Waals surface area contributed by atoms with Crippen LogP contribution in [0.4, 0.5) is 10.1 Å². The van der Waals surface area contributed by atoms with E-state index in [1.807, 2.05) is 0 Å². The van der Waals surface area contributed by atoms with Crippen molar-refractivity contribution in [3.63, 3.8) is 0 Å². The zero-order valence-corrected chi connectivity index (χ0v) is 10.8. The zero-order chi connectivity index (χ0) is 13.8. The van der Waals surface area contributed by atoms with E-state index in [9.17, 15) is 14.0 Å². The molecule has 2 rings (SSSR count). The van der Waals surface area contributed by atoms with Crippen LogP contribution in [0, 0.1) is 11.7 Å². The first-order valence-corrected chi connectivity index (χ1v) is 6.37. The minimum absolute atomic E-state index is 0.263. The second-order valence-electron chi connectivity index (χ2n) is 4.41. The molecule has 4 nitrogen and oxygen atoms in total. The van der Waals surface area contributed by atoms with Gasteiger partial charge in [0, 0.05) is 12.2 Å². The minimum atomic E-state index is -0.737. The molecule has 1 heterocycles. The summed E-state index contributed by atoms with van der Waals surface area (Å²) in [6.45, 7) is 2.52. The molecule has 1 fully saturated rings. The van der Waals surface area contributed by atoms with Gasteiger partial charge in [0.1, 0.15) is 11.7 Å². The second-order valence-corrected chi connectivity index (χ2v) is 4.41. The summed E-state index contributed by atoms with van der Waals surface area (Å²) in [6.07, 6.45) is 1.24. The monoisotopic (exact) mass is 265 g/mol. The summed E-state index contributed by atoms with van der Waals surface area (Å²) >= 11 is 0. The molecule has 1 amide bonds. The number of halogens is 1. The van der Waals surface area contributed by atoms with E-state index in [2.05, 4.69) is 0 Å². The van der Waals surface area contributed by atoms with Gasteiger partial charge < -0.3 is 9.64 Å². The van der Waals surface area contributed by atoms with Gasteiger partial charge in [-0.1, -0.05) is 0 Å². The molecule has 0 aliphatic carbocycles. The summed E-state index contributed by atoms with van der Waals surface area (Å²) in [5, 5.41) is 0. The zero-order valence-electron chi connectivity index (χ0n) is 10.8. The first-order chi connectivity index (χ1) is 9.13. The van der Waals surface area contributed by atoms with Crippen LogP contribution in [-0.2, 0) is 14.3 Å². The molecule has 0 spiro atoms. The number of rotatable bonds is 3. The Bertz CT molecular complexity index is 472. The lowest BCUT2D eigenvalue weighted by atomic mass is 9.96. The Morgan fingerprint density at radius 1 is 1.42 bits per heavy atom. The number of esters is 1. The first kappa shape index (κ1) is 13.5. The molecule has 102 valence electrons. The van der Waals surface area contributed by atoms with Crippen LogP contribution in [-0.4, -0.2) is 25.0 Å². The van der Waals surface area contributed by atoms with Gasteiger partial charge in [0.25, 0.3) is 0 Å². The molecular weight excluding hydrogens is 249 g/mol. The molecule has 1 atom stereocenters. The van der Waals surface area contributed by atoms with Crippen molar-refractivity contribution in [2.24, 2.45) is 5.92 Å². The highest BCUT2D eigenvalue weighted by atomic mass is 19.1. The third-order valence-corrected chi connectivity index (χ3v) is 3.15. The SMILES string of the molecule is CCOC(=O)[C@H]1CCCN(c2ccc(F)cc2)C1=O. The molecule has 0 bridgehead atoms. The summed E-state index contributed by atoms with van der Waals surface area (Å²) in [7, 11) is 0. The van der Waals surface area contributed by atoms with Crippen molar-refractivity contribution >= 4 is 17.6 Å². The summed E-state index contributed by atoms with van der Waals surface area (Å²) in [5.41, 5.74) is 0.611. The lowest BCUT2D eigenvalue weighted by Gasteiger charge is -2.31. The molecule has 1 aromatic rings. The molecule has 0 saturated carbocycles. The van der Waals surface area contributed by atoms with Crippen molar-refractivity contribution in [2.75, 3.05) is 18.1 Å². The fraction of sp³-hybridized carbons (Fsp3) is 0.429. The predicted molar refractivity (Wildman–Crippen MR) is 68.1 cm³/mol. The highest BCUT2D eigenvalue weighted by Crippen LogP contribution is 2.25. The van der Waals surface area contributed by atoms with Crippen LogP contribution >= 0.6 is 0 Å². The Balaban J connectivity index is 2.16. The lowest BCUT2D eigenvalue weighted by molar-refractivity contribution is -0.152. The molecule has 0 radical (unpaired) electrons. The molecule has 0 aromatic heterocycles. The van der Waals surface area contributed by atoms with Crippen LogP contribution in [0.25, 0.3) is 0 Å². The van der Waals surface area contributed by atoms with E-state index in [0.29, 0.717) is 18.7 Å². The summed E-state index contributed by atoms with van der Waals surface area (Å²) < 4.78 is 17.8. The van der Waals surface area contributed by atoms with E-state index in [1.54, 1.807) is 19.1 Å². The van der Waals surface area contributed by atoms with Crippen molar-refractivity contribution in [3.05, 3.63) is 30.1 Å². The van der Waals surface area contributed by atoms with Crippen molar-refractivity contribution in [1.82, 2.24) is 0 Å². The number of carbonyl (C=O) groups is 2. The third-order valence-electron chi connectivity index (χ3n) is 3.15. The smallest absolute Gasteiger partial charge is 0.318 e.